The zero-order valence-corrected chi connectivity index (χ0v) is 45.3. The summed E-state index contributed by atoms with van der Waals surface area (Å²) in [4.78, 5) is 4.38. The molecule has 0 fully saturated rings. The SMILES string of the molecule is CCCCCCCCCCCCCCC(O)CN(CCOCCOCCN(CC(O)CCCCCCCCCCCCCC)CC(O)C(C)CCCCCCCCCCCC)CC(O)CC. The van der Waals surface area contributed by atoms with Crippen LogP contribution in [-0.2, 0) is 9.47 Å². The summed E-state index contributed by atoms with van der Waals surface area (Å²) in [6, 6.07) is 0. The van der Waals surface area contributed by atoms with E-state index in [1.807, 2.05) is 6.92 Å². The number of aliphatic hydroxyl groups excluding tert-OH is 4. The van der Waals surface area contributed by atoms with Crippen molar-refractivity contribution in [2.75, 3.05) is 65.7 Å². The van der Waals surface area contributed by atoms with Crippen LogP contribution in [0.5, 0.6) is 0 Å². The van der Waals surface area contributed by atoms with Crippen LogP contribution in [0.4, 0.5) is 0 Å². The summed E-state index contributed by atoms with van der Waals surface area (Å²) in [6.45, 7) is 16.7. The van der Waals surface area contributed by atoms with Gasteiger partial charge in [-0.1, -0.05) is 253 Å². The van der Waals surface area contributed by atoms with Gasteiger partial charge in [-0.05, 0) is 31.6 Å². The smallest absolute Gasteiger partial charge is 0.0701 e. The number of hydrogen-bond donors (Lipinski definition) is 4. The maximum atomic E-state index is 11.3. The van der Waals surface area contributed by atoms with Crippen LogP contribution >= 0.6 is 0 Å². The summed E-state index contributed by atoms with van der Waals surface area (Å²) in [5, 5.41) is 43.7. The molecule has 0 aliphatic heterocycles. The average molecular weight is 942 g/mol. The topological polar surface area (TPSA) is 106 Å². The van der Waals surface area contributed by atoms with Gasteiger partial charge in [-0.25, -0.2) is 0 Å². The highest BCUT2D eigenvalue weighted by Crippen LogP contribution is 2.19. The van der Waals surface area contributed by atoms with E-state index >= 15 is 0 Å². The van der Waals surface area contributed by atoms with Crippen molar-refractivity contribution < 1.29 is 29.9 Å². The summed E-state index contributed by atoms with van der Waals surface area (Å²) in [5.74, 6) is 0.234. The molecule has 0 aromatic heterocycles. The van der Waals surface area contributed by atoms with Crippen molar-refractivity contribution in [1.29, 1.82) is 0 Å². The van der Waals surface area contributed by atoms with Gasteiger partial charge in [-0.15, -0.1) is 0 Å². The van der Waals surface area contributed by atoms with Crippen LogP contribution in [0.15, 0.2) is 0 Å². The van der Waals surface area contributed by atoms with E-state index in [1.165, 1.54) is 205 Å². The molecule has 0 saturated heterocycles. The molecule has 0 saturated carbocycles. The largest absolute Gasteiger partial charge is 0.392 e. The lowest BCUT2D eigenvalue weighted by molar-refractivity contribution is 0.00296. The van der Waals surface area contributed by atoms with Gasteiger partial charge >= 0.3 is 0 Å². The highest BCUT2D eigenvalue weighted by Gasteiger charge is 2.20. The van der Waals surface area contributed by atoms with Crippen molar-refractivity contribution >= 4 is 0 Å². The number of aliphatic hydroxyl groups is 4. The van der Waals surface area contributed by atoms with Crippen LogP contribution in [0.1, 0.15) is 279 Å². The fourth-order valence-electron chi connectivity index (χ4n) is 9.46. The molecule has 66 heavy (non-hydrogen) atoms. The molecule has 5 atom stereocenters. The minimum Gasteiger partial charge on any atom is -0.392 e. The Bertz CT molecular complexity index is 915. The highest BCUT2D eigenvalue weighted by atomic mass is 16.5. The minimum absolute atomic E-state index is 0.234. The van der Waals surface area contributed by atoms with Gasteiger partial charge in [-0.2, -0.15) is 0 Å². The Labute approximate surface area is 412 Å². The minimum atomic E-state index is -0.414. The van der Waals surface area contributed by atoms with Crippen molar-refractivity contribution in [2.24, 2.45) is 5.92 Å². The summed E-state index contributed by atoms with van der Waals surface area (Å²) >= 11 is 0. The van der Waals surface area contributed by atoms with Crippen LogP contribution in [0.3, 0.4) is 0 Å². The summed E-state index contributed by atoms with van der Waals surface area (Å²) in [7, 11) is 0. The van der Waals surface area contributed by atoms with E-state index in [2.05, 4.69) is 37.5 Å². The van der Waals surface area contributed by atoms with Gasteiger partial charge in [0.1, 0.15) is 0 Å². The van der Waals surface area contributed by atoms with Crippen LogP contribution in [0.2, 0.25) is 0 Å². The van der Waals surface area contributed by atoms with E-state index in [9.17, 15) is 20.4 Å². The van der Waals surface area contributed by atoms with Crippen LogP contribution in [0, 0.1) is 5.92 Å². The van der Waals surface area contributed by atoms with Crippen LogP contribution < -0.4 is 0 Å². The average Bonchev–Trinajstić information content (AvgIpc) is 3.30. The van der Waals surface area contributed by atoms with E-state index in [0.29, 0.717) is 72.1 Å². The van der Waals surface area contributed by atoms with Crippen molar-refractivity contribution in [3.8, 4) is 0 Å². The molecule has 0 radical (unpaired) electrons. The second-order valence-electron chi connectivity index (χ2n) is 21.0. The highest BCUT2D eigenvalue weighted by molar-refractivity contribution is 4.74. The molecule has 0 aliphatic carbocycles. The molecule has 0 amide bonds. The van der Waals surface area contributed by atoms with Gasteiger partial charge < -0.3 is 29.9 Å². The van der Waals surface area contributed by atoms with E-state index in [0.717, 1.165) is 32.1 Å². The molecule has 398 valence electrons. The first kappa shape index (κ1) is 65.7. The normalized spacial score (nSPS) is 14.4. The maximum absolute atomic E-state index is 11.3. The Morgan fingerprint density at radius 3 is 0.909 bits per heavy atom. The maximum Gasteiger partial charge on any atom is 0.0701 e. The Balaban J connectivity index is 4.62. The lowest BCUT2D eigenvalue weighted by Gasteiger charge is -2.29. The molecular weight excluding hydrogens is 821 g/mol. The fraction of sp³-hybridized carbons (Fsp3) is 1.00. The predicted octanol–water partition coefficient (Wildman–Crippen LogP) is 14.6. The Morgan fingerprint density at radius 2 is 0.591 bits per heavy atom. The van der Waals surface area contributed by atoms with E-state index in [1.54, 1.807) is 0 Å². The number of ether oxygens (including phenoxy) is 2. The first-order valence-electron chi connectivity index (χ1n) is 29.6. The molecule has 0 rings (SSSR count). The molecule has 0 spiro atoms. The molecule has 0 aromatic carbocycles. The van der Waals surface area contributed by atoms with Crippen LogP contribution in [-0.4, -0.2) is 120 Å². The first-order valence-corrected chi connectivity index (χ1v) is 29.6. The van der Waals surface area contributed by atoms with E-state index in [4.69, 9.17) is 9.47 Å². The Kier molecular flexibility index (Phi) is 52.2. The lowest BCUT2D eigenvalue weighted by Crippen LogP contribution is -2.42. The first-order chi connectivity index (χ1) is 32.3. The molecule has 0 aromatic rings. The number of unbranched alkanes of at least 4 members (excludes halogenated alkanes) is 31. The number of hydrogen-bond acceptors (Lipinski definition) is 8. The van der Waals surface area contributed by atoms with Gasteiger partial charge in [0.05, 0.1) is 50.8 Å². The zero-order valence-electron chi connectivity index (χ0n) is 45.3. The lowest BCUT2D eigenvalue weighted by atomic mass is 9.96. The zero-order chi connectivity index (χ0) is 48.4. The van der Waals surface area contributed by atoms with E-state index in [-0.39, 0.29) is 12.0 Å². The van der Waals surface area contributed by atoms with E-state index < -0.39 is 18.3 Å². The predicted molar refractivity (Wildman–Crippen MR) is 286 cm³/mol. The monoisotopic (exact) mass is 941 g/mol. The summed E-state index contributed by atoms with van der Waals surface area (Å²) < 4.78 is 12.0. The molecule has 5 unspecified atom stereocenters. The third-order valence-electron chi connectivity index (χ3n) is 14.3. The third kappa shape index (κ3) is 47.4. The molecule has 4 N–H and O–H groups in total. The standard InChI is InChI=1S/C58H120N2O6/c1-6-10-13-16-19-22-25-27-30-33-36-39-42-56(62)51-59(50-55(61)9-4)44-46-65-48-49-66-47-45-60(52-57(63)43-40-37-34-31-28-26-23-20-17-14-11-7-2)53-58(64)54(5)41-38-35-32-29-24-21-18-15-12-8-3/h54-58,61-64H,6-53H2,1-5H3. The van der Waals surface area contributed by atoms with Crippen LogP contribution in [0.25, 0.3) is 0 Å². The molecule has 0 aliphatic rings. The van der Waals surface area contributed by atoms with Gasteiger partial charge in [-0.3, -0.25) is 9.80 Å². The van der Waals surface area contributed by atoms with Gasteiger partial charge in [0.2, 0.25) is 0 Å². The second-order valence-corrected chi connectivity index (χ2v) is 21.0. The summed E-state index contributed by atoms with van der Waals surface area (Å²) in [6.07, 6.45) is 46.6. The fourth-order valence-corrected chi connectivity index (χ4v) is 9.46. The van der Waals surface area contributed by atoms with Crippen molar-refractivity contribution in [2.45, 2.75) is 303 Å². The van der Waals surface area contributed by atoms with Gasteiger partial charge in [0, 0.05) is 39.3 Å². The van der Waals surface area contributed by atoms with Gasteiger partial charge in [0.15, 0.2) is 0 Å². The van der Waals surface area contributed by atoms with Gasteiger partial charge in [0.25, 0.3) is 0 Å². The van der Waals surface area contributed by atoms with Crippen molar-refractivity contribution in [3.05, 3.63) is 0 Å². The molecular formula is C58H120N2O6. The Morgan fingerprint density at radius 1 is 0.318 bits per heavy atom. The molecule has 0 bridgehead atoms. The second kappa shape index (κ2) is 52.5. The number of rotatable bonds is 56. The molecule has 8 nitrogen and oxygen atoms in total. The van der Waals surface area contributed by atoms with Crippen molar-refractivity contribution in [1.82, 2.24) is 9.80 Å². The number of nitrogens with zero attached hydrogens (tertiary/aromatic N) is 2. The Hall–Kier alpha value is -0.320. The third-order valence-corrected chi connectivity index (χ3v) is 14.3. The molecule has 8 heteroatoms. The molecule has 0 heterocycles. The quantitative estimate of drug-likeness (QED) is 0.0447. The summed E-state index contributed by atoms with van der Waals surface area (Å²) in [5.41, 5.74) is 0. The van der Waals surface area contributed by atoms with Crippen molar-refractivity contribution in [3.63, 3.8) is 0 Å².